The van der Waals surface area contributed by atoms with E-state index in [0.29, 0.717) is 5.69 Å². The van der Waals surface area contributed by atoms with Crippen LogP contribution in [-0.4, -0.2) is 23.9 Å². The second-order valence-electron chi connectivity index (χ2n) is 5.14. The molecule has 0 spiro atoms. The number of rotatable bonds is 1. The second-order valence-corrected chi connectivity index (χ2v) is 6.06. The first-order valence-electron chi connectivity index (χ1n) is 6.34. The van der Waals surface area contributed by atoms with Crippen LogP contribution in [0.2, 0.25) is 0 Å². The zero-order chi connectivity index (χ0) is 13.3. The molecule has 2 N–H and O–H groups in total. The van der Waals surface area contributed by atoms with Gasteiger partial charge in [0.25, 0.3) is 5.91 Å². The highest BCUT2D eigenvalue weighted by Gasteiger charge is 2.23. The fraction of sp³-hybridized carbons (Fsp3) is 0.500. The van der Waals surface area contributed by atoms with Gasteiger partial charge in [-0.15, -0.1) is 0 Å². The van der Waals surface area contributed by atoms with Gasteiger partial charge >= 0.3 is 0 Å². The molecule has 0 atom stereocenters. The number of amides is 1. The Labute approximate surface area is 116 Å². The molecule has 1 heterocycles. The summed E-state index contributed by atoms with van der Waals surface area (Å²) in [4.78, 5) is 14.4. The van der Waals surface area contributed by atoms with Gasteiger partial charge in [-0.2, -0.15) is 0 Å². The topological polar surface area (TPSA) is 46.3 Å². The summed E-state index contributed by atoms with van der Waals surface area (Å²) >= 11 is 3.40. The van der Waals surface area contributed by atoms with Crippen LogP contribution in [0, 0.1) is 12.8 Å². The van der Waals surface area contributed by atoms with Gasteiger partial charge in [0, 0.05) is 28.8 Å². The van der Waals surface area contributed by atoms with E-state index >= 15 is 0 Å². The van der Waals surface area contributed by atoms with Crippen molar-refractivity contribution in [3.63, 3.8) is 0 Å². The molecule has 1 aliphatic heterocycles. The van der Waals surface area contributed by atoms with Gasteiger partial charge in [-0.1, -0.05) is 22.9 Å². The number of carbonyl (C=O) groups excluding carboxylic acids is 1. The third kappa shape index (κ3) is 2.69. The smallest absolute Gasteiger partial charge is 0.254 e. The van der Waals surface area contributed by atoms with Crippen molar-refractivity contribution in [3.05, 3.63) is 27.7 Å². The Balaban J connectivity index is 2.23. The van der Waals surface area contributed by atoms with Crippen molar-refractivity contribution in [2.24, 2.45) is 5.92 Å². The van der Waals surface area contributed by atoms with E-state index in [1.807, 2.05) is 24.0 Å². The van der Waals surface area contributed by atoms with E-state index in [9.17, 15) is 4.79 Å². The molecule has 0 radical (unpaired) electrons. The molecule has 0 bridgehead atoms. The number of nitrogen functional groups attached to an aromatic ring is 1. The van der Waals surface area contributed by atoms with Gasteiger partial charge in [-0.3, -0.25) is 4.79 Å². The van der Waals surface area contributed by atoms with Crippen molar-refractivity contribution in [3.8, 4) is 0 Å². The Morgan fingerprint density at radius 2 is 2.00 bits per heavy atom. The zero-order valence-electron chi connectivity index (χ0n) is 10.9. The quantitative estimate of drug-likeness (QED) is 0.810. The predicted octanol–water partition coefficient (Wildman–Crippen LogP) is 3.21. The van der Waals surface area contributed by atoms with Crippen LogP contribution in [-0.2, 0) is 0 Å². The molecular formula is C14H19BrN2O. The van der Waals surface area contributed by atoms with Crippen LogP contribution in [0.25, 0.3) is 0 Å². The lowest BCUT2D eigenvalue weighted by Crippen LogP contribution is -2.38. The Morgan fingerprint density at radius 1 is 1.39 bits per heavy atom. The Kier molecular flexibility index (Phi) is 3.95. The third-order valence-electron chi connectivity index (χ3n) is 3.71. The molecule has 18 heavy (non-hydrogen) atoms. The molecule has 3 nitrogen and oxygen atoms in total. The summed E-state index contributed by atoms with van der Waals surface area (Å²) < 4.78 is 0.860. The average molecular weight is 311 g/mol. The van der Waals surface area contributed by atoms with Crippen LogP contribution in [0.3, 0.4) is 0 Å². The summed E-state index contributed by atoms with van der Waals surface area (Å²) in [6, 6.07) is 3.70. The second kappa shape index (κ2) is 5.31. The lowest BCUT2D eigenvalue weighted by Gasteiger charge is -2.30. The molecule has 2 rings (SSSR count). The monoisotopic (exact) mass is 310 g/mol. The number of hydrogen-bond donors (Lipinski definition) is 1. The lowest BCUT2D eigenvalue weighted by molar-refractivity contribution is 0.0696. The summed E-state index contributed by atoms with van der Waals surface area (Å²) in [6.45, 7) is 5.85. The number of nitrogens with zero attached hydrogens (tertiary/aromatic N) is 1. The van der Waals surface area contributed by atoms with Gasteiger partial charge < -0.3 is 10.6 Å². The third-order valence-corrected chi connectivity index (χ3v) is 4.17. The largest absolute Gasteiger partial charge is 0.398 e. The van der Waals surface area contributed by atoms with E-state index in [0.717, 1.165) is 47.4 Å². The number of halogens is 1. The van der Waals surface area contributed by atoms with E-state index < -0.39 is 0 Å². The van der Waals surface area contributed by atoms with Crippen LogP contribution in [0.5, 0.6) is 0 Å². The van der Waals surface area contributed by atoms with Gasteiger partial charge in [-0.05, 0) is 43.4 Å². The van der Waals surface area contributed by atoms with Crippen molar-refractivity contribution in [2.45, 2.75) is 26.7 Å². The SMILES string of the molecule is Cc1c(N)cc(Br)cc1C(=O)N1CCC(C)CC1. The highest BCUT2D eigenvalue weighted by Crippen LogP contribution is 2.25. The van der Waals surface area contributed by atoms with Crippen LogP contribution in [0.1, 0.15) is 35.7 Å². The number of nitrogens with two attached hydrogens (primary N) is 1. The average Bonchev–Trinajstić information content (AvgIpc) is 2.34. The summed E-state index contributed by atoms with van der Waals surface area (Å²) in [7, 11) is 0. The van der Waals surface area contributed by atoms with E-state index in [2.05, 4.69) is 22.9 Å². The molecule has 4 heteroatoms. The molecule has 98 valence electrons. The fourth-order valence-corrected chi connectivity index (χ4v) is 2.78. The minimum Gasteiger partial charge on any atom is -0.398 e. The Hall–Kier alpha value is -1.03. The molecule has 1 amide bonds. The van der Waals surface area contributed by atoms with Crippen molar-refractivity contribution < 1.29 is 4.79 Å². The van der Waals surface area contributed by atoms with Crippen LogP contribution in [0.15, 0.2) is 16.6 Å². The molecule has 0 aliphatic carbocycles. The van der Waals surface area contributed by atoms with Crippen molar-refractivity contribution in [1.29, 1.82) is 0 Å². The zero-order valence-corrected chi connectivity index (χ0v) is 12.5. The minimum absolute atomic E-state index is 0.104. The molecule has 1 aromatic rings. The normalized spacial score (nSPS) is 16.9. The highest BCUT2D eigenvalue weighted by atomic mass is 79.9. The number of carbonyl (C=O) groups is 1. The standard InChI is InChI=1S/C14H19BrN2O/c1-9-3-5-17(6-4-9)14(18)12-7-11(15)8-13(16)10(12)2/h7-9H,3-6,16H2,1-2H3. The number of benzene rings is 1. The summed E-state index contributed by atoms with van der Waals surface area (Å²) in [5.74, 6) is 0.829. The van der Waals surface area contributed by atoms with Crippen LogP contribution in [0.4, 0.5) is 5.69 Å². The molecule has 0 saturated carbocycles. The molecular weight excluding hydrogens is 292 g/mol. The summed E-state index contributed by atoms with van der Waals surface area (Å²) in [5.41, 5.74) is 8.17. The van der Waals surface area contributed by atoms with E-state index in [-0.39, 0.29) is 5.91 Å². The van der Waals surface area contributed by atoms with Crippen LogP contribution >= 0.6 is 15.9 Å². The molecule has 1 saturated heterocycles. The van der Waals surface area contributed by atoms with Crippen LogP contribution < -0.4 is 5.73 Å². The van der Waals surface area contributed by atoms with Gasteiger partial charge in [0.2, 0.25) is 0 Å². The first kappa shape index (κ1) is 13.4. The van der Waals surface area contributed by atoms with E-state index in [4.69, 9.17) is 5.73 Å². The maximum Gasteiger partial charge on any atom is 0.254 e. The predicted molar refractivity (Wildman–Crippen MR) is 77.6 cm³/mol. The van der Waals surface area contributed by atoms with Crippen molar-refractivity contribution >= 4 is 27.5 Å². The Morgan fingerprint density at radius 3 is 2.61 bits per heavy atom. The lowest BCUT2D eigenvalue weighted by atomic mass is 9.98. The van der Waals surface area contributed by atoms with Crippen molar-refractivity contribution in [2.75, 3.05) is 18.8 Å². The highest BCUT2D eigenvalue weighted by molar-refractivity contribution is 9.10. The van der Waals surface area contributed by atoms with E-state index in [1.165, 1.54) is 0 Å². The molecule has 1 aromatic carbocycles. The molecule has 1 fully saturated rings. The molecule has 0 unspecified atom stereocenters. The number of likely N-dealkylation sites (tertiary alicyclic amines) is 1. The fourth-order valence-electron chi connectivity index (χ4n) is 2.30. The first-order chi connectivity index (χ1) is 8.49. The number of piperidine rings is 1. The van der Waals surface area contributed by atoms with Gasteiger partial charge in [0.1, 0.15) is 0 Å². The summed E-state index contributed by atoms with van der Waals surface area (Å²) in [6.07, 6.45) is 2.18. The number of anilines is 1. The van der Waals surface area contributed by atoms with Gasteiger partial charge in [0.15, 0.2) is 0 Å². The maximum absolute atomic E-state index is 12.5. The summed E-state index contributed by atoms with van der Waals surface area (Å²) in [5, 5.41) is 0. The molecule has 1 aliphatic rings. The van der Waals surface area contributed by atoms with Gasteiger partial charge in [0.05, 0.1) is 0 Å². The van der Waals surface area contributed by atoms with Gasteiger partial charge in [-0.25, -0.2) is 0 Å². The number of hydrogen-bond acceptors (Lipinski definition) is 2. The first-order valence-corrected chi connectivity index (χ1v) is 7.13. The molecule has 0 aromatic heterocycles. The van der Waals surface area contributed by atoms with Crippen molar-refractivity contribution in [1.82, 2.24) is 4.90 Å². The Bertz CT molecular complexity index is 465. The minimum atomic E-state index is 0.104. The maximum atomic E-state index is 12.5. The van der Waals surface area contributed by atoms with E-state index in [1.54, 1.807) is 0 Å².